The maximum absolute atomic E-state index is 3.68. The van der Waals surface area contributed by atoms with E-state index < -0.39 is 0 Å². The number of para-hydroxylation sites is 4. The Kier molecular flexibility index (Phi) is 17.8. The summed E-state index contributed by atoms with van der Waals surface area (Å²) in [5.74, 6) is 0. The summed E-state index contributed by atoms with van der Waals surface area (Å²) in [5.41, 5.74) is 22.7. The fourth-order valence-electron chi connectivity index (χ4n) is 17.3. The topological polar surface area (TPSA) is 25.1 Å². The van der Waals surface area contributed by atoms with Gasteiger partial charge in [-0.25, -0.2) is 0 Å². The Morgan fingerprint density at radius 3 is 1.04 bits per heavy atom. The molecule has 2 aromatic heterocycles. The Hall–Kier alpha value is -14.4. The predicted molar refractivity (Wildman–Crippen MR) is 487 cm³/mol. The summed E-state index contributed by atoms with van der Waals surface area (Å²) in [6.07, 6.45) is 0. The minimum absolute atomic E-state index is 1.09. The van der Waals surface area contributed by atoms with Crippen LogP contribution in [0.25, 0.3) is 164 Å². The van der Waals surface area contributed by atoms with Gasteiger partial charge in [0.05, 0.1) is 27.8 Å². The van der Waals surface area contributed by atoms with Crippen LogP contribution in [0.15, 0.2) is 441 Å². The van der Waals surface area contributed by atoms with Crippen LogP contribution in [0.4, 0.5) is 28.4 Å². The van der Waals surface area contributed by atoms with Crippen molar-refractivity contribution in [1.29, 1.82) is 0 Å². The van der Waals surface area contributed by atoms with Crippen molar-refractivity contribution in [3.8, 4) is 55.9 Å². The first-order chi connectivity index (χ1) is 56.0. The van der Waals surface area contributed by atoms with Crippen molar-refractivity contribution in [2.75, 3.05) is 10.2 Å². The number of fused-ring (bicyclic) bond motifs is 12. The molecule has 0 saturated heterocycles. The lowest BCUT2D eigenvalue weighted by atomic mass is 9.85. The number of nitrogens with one attached hydrogen (secondary N) is 1. The van der Waals surface area contributed by atoms with E-state index >= 15 is 0 Å². The number of nitrogens with zero attached hydrogens (tertiary/aromatic N) is 3. The summed E-state index contributed by atoms with van der Waals surface area (Å²) in [6, 6.07) is 157. The molecule has 0 radical (unpaired) electrons. The van der Waals surface area contributed by atoms with Gasteiger partial charge in [-0.15, -0.1) is 0 Å². The molecule has 0 aliphatic carbocycles. The number of hydrogen-bond donors (Lipinski definition) is 1. The lowest BCUT2D eigenvalue weighted by molar-refractivity contribution is 1.18. The van der Waals surface area contributed by atoms with Crippen LogP contribution in [0.2, 0.25) is 0 Å². The van der Waals surface area contributed by atoms with Crippen molar-refractivity contribution >= 4 is 153 Å². The standard InChI is InChI=1S/C54H36N2.C28H20N2.C26H17Br/c1-4-18-38(19-5-1)53-45-27-12-13-28-46(45)54(39-20-6-2-7-21-39)49-36-41(31-33-47(49)53)55(50-30-16-22-37-17-10-11-25-43(37)50)42-32-34-52-48(35-42)44-26-14-15-29-51(44)56(52)40-23-8-3-9-24-40;1-2-11-22(12-3-1)30-27-16-7-6-14-24(27)25-19-21(17-18-28(25)30)29-26-15-8-10-20-9-4-5-13-23(20)26;27-20-15-16-23-24(17-20)26(19-11-5-2-6-12-19)22-14-8-7-13-21(22)25(23)18-9-3-1-4-10-18/h1-36H;1-19,29H;1-17H. The van der Waals surface area contributed by atoms with E-state index in [1.807, 2.05) is 0 Å². The molecule has 532 valence electrons. The van der Waals surface area contributed by atoms with Crippen LogP contribution in [-0.4, -0.2) is 9.13 Å². The molecule has 0 saturated carbocycles. The molecule has 0 unspecified atom stereocenters. The zero-order valence-corrected chi connectivity index (χ0v) is 63.4. The molecule has 1 N–H and O–H groups in total. The highest BCUT2D eigenvalue weighted by Gasteiger charge is 2.24. The molecular formula is C108H73BrN4. The number of benzene rings is 20. The van der Waals surface area contributed by atoms with Crippen molar-refractivity contribution in [3.05, 3.63) is 441 Å². The minimum atomic E-state index is 1.09. The quantitative estimate of drug-likeness (QED) is 0.131. The molecule has 22 rings (SSSR count). The summed E-state index contributed by atoms with van der Waals surface area (Å²) in [4.78, 5) is 2.46. The molecule has 0 atom stereocenters. The minimum Gasteiger partial charge on any atom is -0.355 e. The maximum Gasteiger partial charge on any atom is 0.0542 e. The van der Waals surface area contributed by atoms with Crippen LogP contribution in [-0.2, 0) is 0 Å². The average molecular weight is 1510 g/mol. The molecule has 0 bridgehead atoms. The van der Waals surface area contributed by atoms with Gasteiger partial charge in [0.2, 0.25) is 0 Å². The second kappa shape index (κ2) is 29.6. The van der Waals surface area contributed by atoms with Crippen molar-refractivity contribution in [1.82, 2.24) is 9.13 Å². The molecular weight excluding hydrogens is 1430 g/mol. The van der Waals surface area contributed by atoms with Gasteiger partial charge in [-0.05, 0) is 208 Å². The molecule has 0 amide bonds. The van der Waals surface area contributed by atoms with E-state index in [4.69, 9.17) is 0 Å². The zero-order chi connectivity index (χ0) is 75.1. The number of anilines is 5. The molecule has 0 fully saturated rings. The highest BCUT2D eigenvalue weighted by molar-refractivity contribution is 9.10. The van der Waals surface area contributed by atoms with E-state index in [1.54, 1.807) is 0 Å². The van der Waals surface area contributed by atoms with Gasteiger partial charge < -0.3 is 19.4 Å². The van der Waals surface area contributed by atoms with E-state index in [2.05, 4.69) is 472 Å². The molecule has 22 aromatic rings. The van der Waals surface area contributed by atoms with E-state index in [0.717, 1.165) is 38.6 Å². The second-order valence-electron chi connectivity index (χ2n) is 28.8. The highest BCUT2D eigenvalue weighted by atomic mass is 79.9. The fourth-order valence-corrected chi connectivity index (χ4v) is 17.7. The number of halogens is 1. The van der Waals surface area contributed by atoms with Gasteiger partial charge in [0, 0.05) is 70.9 Å². The van der Waals surface area contributed by atoms with Crippen LogP contribution in [0, 0.1) is 0 Å². The van der Waals surface area contributed by atoms with Crippen LogP contribution in [0.5, 0.6) is 0 Å². The number of rotatable bonds is 11. The van der Waals surface area contributed by atoms with Gasteiger partial charge in [0.1, 0.15) is 0 Å². The van der Waals surface area contributed by atoms with Gasteiger partial charge in [0.25, 0.3) is 0 Å². The molecule has 0 aliphatic rings. The van der Waals surface area contributed by atoms with E-state index in [0.29, 0.717) is 0 Å². The van der Waals surface area contributed by atoms with Crippen LogP contribution in [0.1, 0.15) is 0 Å². The molecule has 4 nitrogen and oxygen atoms in total. The van der Waals surface area contributed by atoms with E-state index in [1.165, 1.54) is 158 Å². The van der Waals surface area contributed by atoms with Gasteiger partial charge in [-0.3, -0.25) is 0 Å². The Bertz CT molecular complexity index is 7310. The lowest BCUT2D eigenvalue weighted by Gasteiger charge is -2.28. The van der Waals surface area contributed by atoms with Crippen molar-refractivity contribution in [2.45, 2.75) is 0 Å². The third-order valence-corrected chi connectivity index (χ3v) is 22.7. The summed E-state index contributed by atoms with van der Waals surface area (Å²) < 4.78 is 5.82. The summed E-state index contributed by atoms with van der Waals surface area (Å²) in [6.45, 7) is 0. The van der Waals surface area contributed by atoms with Crippen LogP contribution in [0.3, 0.4) is 0 Å². The Labute approximate surface area is 664 Å². The largest absolute Gasteiger partial charge is 0.355 e. The van der Waals surface area contributed by atoms with Gasteiger partial charge in [0.15, 0.2) is 0 Å². The predicted octanol–water partition coefficient (Wildman–Crippen LogP) is 30.8. The molecule has 2 heterocycles. The molecule has 113 heavy (non-hydrogen) atoms. The maximum atomic E-state index is 3.68. The summed E-state index contributed by atoms with van der Waals surface area (Å²) in [7, 11) is 0. The van der Waals surface area contributed by atoms with Gasteiger partial charge in [-0.2, -0.15) is 0 Å². The smallest absolute Gasteiger partial charge is 0.0542 e. The lowest BCUT2D eigenvalue weighted by Crippen LogP contribution is -2.10. The molecule has 0 spiro atoms. The number of aromatic nitrogens is 2. The first kappa shape index (κ1) is 68.0. The zero-order valence-electron chi connectivity index (χ0n) is 61.8. The fraction of sp³-hybridized carbons (Fsp3) is 0. The monoisotopic (exact) mass is 1500 g/mol. The highest BCUT2D eigenvalue weighted by Crippen LogP contribution is 2.50. The first-order valence-electron chi connectivity index (χ1n) is 38.6. The van der Waals surface area contributed by atoms with Gasteiger partial charge >= 0.3 is 0 Å². The van der Waals surface area contributed by atoms with Crippen LogP contribution >= 0.6 is 15.9 Å². The Balaban J connectivity index is 0.000000122. The molecule has 20 aromatic carbocycles. The van der Waals surface area contributed by atoms with E-state index in [9.17, 15) is 0 Å². The summed E-state index contributed by atoms with van der Waals surface area (Å²) in [5, 5.41) is 23.6. The summed E-state index contributed by atoms with van der Waals surface area (Å²) >= 11 is 3.68. The SMILES string of the molecule is Brc1ccc2c(-c3ccccc3)c3ccccc3c(-c3ccccc3)c2c1.c1ccc(-c2c3ccccc3c(-c3ccccc3)c3cc(N(c4ccc5c(c4)c4ccccc4n5-c4ccccc4)c4cccc5ccccc45)ccc23)cc1.c1ccc(-n2c3ccccc3c3cc(Nc4cccc5ccccc45)ccc32)cc1. The Morgan fingerprint density at radius 1 is 0.212 bits per heavy atom. The second-order valence-corrected chi connectivity index (χ2v) is 29.7. The average Bonchev–Trinajstić information content (AvgIpc) is 1.64. The van der Waals surface area contributed by atoms with Gasteiger partial charge in [-0.1, -0.05) is 344 Å². The normalized spacial score (nSPS) is 11.4. The molecule has 0 aliphatic heterocycles. The van der Waals surface area contributed by atoms with Crippen LogP contribution < -0.4 is 10.2 Å². The van der Waals surface area contributed by atoms with Crippen molar-refractivity contribution < 1.29 is 0 Å². The Morgan fingerprint density at radius 2 is 0.540 bits per heavy atom. The number of hydrogen-bond acceptors (Lipinski definition) is 2. The third-order valence-electron chi connectivity index (χ3n) is 22.2. The third kappa shape index (κ3) is 12.5. The molecule has 5 heteroatoms. The van der Waals surface area contributed by atoms with E-state index in [-0.39, 0.29) is 0 Å². The first-order valence-corrected chi connectivity index (χ1v) is 39.4. The van der Waals surface area contributed by atoms with Crippen molar-refractivity contribution in [3.63, 3.8) is 0 Å². The van der Waals surface area contributed by atoms with Crippen molar-refractivity contribution in [2.24, 2.45) is 0 Å².